The average Bonchev–Trinajstić information content (AvgIpc) is 3.20. The Hall–Kier alpha value is -2.04. The molecule has 0 rings (SSSR count). The number of aliphatic hydroxyl groups excluding tert-OH is 3. The van der Waals surface area contributed by atoms with Crippen molar-refractivity contribution >= 4 is 23.7 Å². The maximum atomic E-state index is 12.4. The Morgan fingerprint density at radius 3 is 0.930 bits per heavy atom. The lowest BCUT2D eigenvalue weighted by Crippen LogP contribution is -2.30. The van der Waals surface area contributed by atoms with Crippen LogP contribution in [0.25, 0.3) is 0 Å². The summed E-state index contributed by atoms with van der Waals surface area (Å²) in [5.74, 6) is -0.555. The van der Waals surface area contributed by atoms with Crippen molar-refractivity contribution in [1.82, 2.24) is 0 Å². The topological polar surface area (TPSA) is 157 Å². The molecule has 0 aliphatic heterocycles. The molecule has 3 N–H and O–H groups in total. The molecule has 0 aliphatic carbocycles. The molecule has 0 unspecified atom stereocenters. The molecule has 0 fully saturated rings. The monoisotopic (exact) mass is 817 g/mol. The third kappa shape index (κ3) is 54.0. The molecule has 0 aromatic heterocycles. The van der Waals surface area contributed by atoms with Crippen molar-refractivity contribution in [2.24, 2.45) is 0 Å². The molecule has 0 bridgehead atoms. The highest BCUT2D eigenvalue weighted by molar-refractivity contribution is 5.75. The van der Waals surface area contributed by atoms with Crippen LogP contribution in [0.5, 0.6) is 0 Å². The van der Waals surface area contributed by atoms with Gasteiger partial charge in [0, 0.05) is 25.7 Å². The minimum absolute atomic E-state index is 0.0667. The van der Waals surface area contributed by atoms with Crippen molar-refractivity contribution in [3.63, 3.8) is 0 Å². The van der Waals surface area contributed by atoms with Crippen LogP contribution >= 0.6 is 0 Å². The quantitative estimate of drug-likeness (QED) is 0.0310. The predicted molar refractivity (Wildman–Crippen MR) is 233 cm³/mol. The second-order valence-corrected chi connectivity index (χ2v) is 15.7. The Labute approximate surface area is 350 Å². The lowest BCUT2D eigenvalue weighted by atomic mass is 10.1. The number of ketones is 1. The molecule has 0 atom stereocenters. The summed E-state index contributed by atoms with van der Waals surface area (Å²) in [5.41, 5.74) is 0. The van der Waals surface area contributed by atoms with Gasteiger partial charge in [-0.3, -0.25) is 14.4 Å². The molecule has 10 nitrogen and oxygen atoms in total. The number of hydrogen-bond donors (Lipinski definition) is 3. The number of carbonyl (C=O) groups is 4. The summed E-state index contributed by atoms with van der Waals surface area (Å²) in [5, 5.41) is 24.0. The Morgan fingerprint density at radius 1 is 0.404 bits per heavy atom. The fourth-order valence-corrected chi connectivity index (χ4v) is 5.95. The van der Waals surface area contributed by atoms with Crippen molar-refractivity contribution in [1.29, 1.82) is 0 Å². The predicted octanol–water partition coefficient (Wildman–Crippen LogP) is 11.5. The molecule has 0 radical (unpaired) electrons. The highest BCUT2D eigenvalue weighted by Gasteiger charge is 2.19. The Kier molecular flexibility index (Phi) is 52.1. The van der Waals surface area contributed by atoms with Gasteiger partial charge in [-0.15, -0.1) is 0 Å². The first-order valence-electron chi connectivity index (χ1n) is 23.5. The fourth-order valence-electron chi connectivity index (χ4n) is 5.95. The number of ether oxygens (including phenoxy) is 3. The Bertz CT molecular complexity index is 827. The number of carbonyl (C=O) groups excluding carboxylic acids is 4. The first-order valence-corrected chi connectivity index (χ1v) is 23.5. The van der Waals surface area contributed by atoms with Gasteiger partial charge in [-0.1, -0.05) is 182 Å². The van der Waals surface area contributed by atoms with Gasteiger partial charge in [-0.2, -0.15) is 0 Å². The van der Waals surface area contributed by atoms with E-state index in [1.165, 1.54) is 116 Å². The van der Waals surface area contributed by atoms with Gasteiger partial charge in [-0.05, 0) is 32.6 Å². The number of aliphatic hydroxyl groups is 3. The number of unbranched alkanes of at least 4 members (excludes halogenated alkanes) is 24. The van der Waals surface area contributed by atoms with E-state index in [-0.39, 0.29) is 44.3 Å². The standard InChI is InChI=1S/C33H62O6.C11H22O.C3H8O3/c1-4-7-10-13-16-19-22-25-31(34)37-28-30(39-33(36)27-24-21-18-15-12-9-6-3)29-38-32(35)26-23-20-17-14-11-8-5-2;1-3-4-5-6-7-8-9-10-11(2)12;4-1-3(6)2-5/h30H,4-29H2,1-3H3;3-10H2,1-2H3;3-6H,1-2H2. The van der Waals surface area contributed by atoms with Crippen molar-refractivity contribution in [3.05, 3.63) is 0 Å². The summed E-state index contributed by atoms with van der Waals surface area (Å²) in [6, 6.07) is 0. The van der Waals surface area contributed by atoms with E-state index < -0.39 is 12.2 Å². The third-order valence-corrected chi connectivity index (χ3v) is 9.67. The van der Waals surface area contributed by atoms with Crippen LogP contribution < -0.4 is 0 Å². The summed E-state index contributed by atoms with van der Waals surface area (Å²) in [6.07, 6.45) is 32.9. The molecular weight excluding hydrogens is 725 g/mol. The first kappa shape index (κ1) is 59.3. The lowest BCUT2D eigenvalue weighted by molar-refractivity contribution is -0.167. The van der Waals surface area contributed by atoms with Crippen molar-refractivity contribution in [2.75, 3.05) is 26.4 Å². The van der Waals surface area contributed by atoms with Gasteiger partial charge in [0.2, 0.25) is 0 Å². The molecule has 0 saturated heterocycles. The molecule has 0 spiro atoms. The van der Waals surface area contributed by atoms with Crippen LogP contribution in [0.2, 0.25) is 0 Å². The van der Waals surface area contributed by atoms with E-state index in [9.17, 15) is 19.2 Å². The van der Waals surface area contributed by atoms with E-state index in [1.807, 2.05) is 0 Å². The van der Waals surface area contributed by atoms with Gasteiger partial charge in [0.05, 0.1) is 13.2 Å². The second-order valence-electron chi connectivity index (χ2n) is 15.7. The molecule has 0 amide bonds. The van der Waals surface area contributed by atoms with Gasteiger partial charge < -0.3 is 34.3 Å². The molecule has 10 heteroatoms. The summed E-state index contributed by atoms with van der Waals surface area (Å²) in [4.78, 5) is 47.4. The molecule has 0 aliphatic rings. The van der Waals surface area contributed by atoms with E-state index in [0.717, 1.165) is 70.6 Å². The van der Waals surface area contributed by atoms with Crippen LogP contribution in [0.4, 0.5) is 0 Å². The zero-order valence-corrected chi connectivity index (χ0v) is 37.8. The number of hydrogen-bond acceptors (Lipinski definition) is 10. The number of Topliss-reactive ketones (excluding diaryl/α,β-unsaturated/α-hetero) is 1. The summed E-state index contributed by atoms with van der Waals surface area (Å²) < 4.78 is 16.4. The maximum Gasteiger partial charge on any atom is 0.306 e. The zero-order valence-electron chi connectivity index (χ0n) is 37.8. The molecular formula is C47H92O10. The van der Waals surface area contributed by atoms with Gasteiger partial charge in [0.1, 0.15) is 25.1 Å². The van der Waals surface area contributed by atoms with E-state index in [4.69, 9.17) is 29.5 Å². The zero-order chi connectivity index (χ0) is 43.0. The van der Waals surface area contributed by atoms with E-state index in [2.05, 4.69) is 27.7 Å². The highest BCUT2D eigenvalue weighted by atomic mass is 16.6. The van der Waals surface area contributed by atoms with Gasteiger partial charge in [0.25, 0.3) is 0 Å². The highest BCUT2D eigenvalue weighted by Crippen LogP contribution is 2.13. The normalized spacial score (nSPS) is 10.8. The second kappa shape index (κ2) is 50.1. The molecule has 0 aromatic rings. The van der Waals surface area contributed by atoms with Gasteiger partial charge in [-0.25, -0.2) is 0 Å². The lowest BCUT2D eigenvalue weighted by Gasteiger charge is -2.18. The van der Waals surface area contributed by atoms with Gasteiger partial charge in [0.15, 0.2) is 6.10 Å². The van der Waals surface area contributed by atoms with Crippen LogP contribution in [0.1, 0.15) is 240 Å². The molecule has 340 valence electrons. The minimum Gasteiger partial charge on any atom is -0.462 e. The SMILES string of the molecule is CCCCCCCCCC(=O)OCC(COC(=O)CCCCCCCCC)OC(=O)CCCCCCCCC.CCCCCCCCCC(C)=O.OCC(O)CO. The fraction of sp³-hybridized carbons (Fsp3) is 0.915. The third-order valence-electron chi connectivity index (χ3n) is 9.67. The molecule has 57 heavy (non-hydrogen) atoms. The molecule has 0 aromatic carbocycles. The van der Waals surface area contributed by atoms with Crippen molar-refractivity contribution in [2.45, 2.75) is 252 Å². The van der Waals surface area contributed by atoms with Gasteiger partial charge >= 0.3 is 17.9 Å². The Morgan fingerprint density at radius 2 is 0.667 bits per heavy atom. The van der Waals surface area contributed by atoms with Crippen LogP contribution in [0.3, 0.4) is 0 Å². The summed E-state index contributed by atoms with van der Waals surface area (Å²) in [6.45, 7) is 9.65. The molecule has 0 heterocycles. The van der Waals surface area contributed by atoms with Crippen LogP contribution in [-0.4, -0.2) is 77.6 Å². The van der Waals surface area contributed by atoms with Crippen LogP contribution in [-0.2, 0) is 33.4 Å². The first-order chi connectivity index (χ1) is 27.6. The van der Waals surface area contributed by atoms with E-state index >= 15 is 0 Å². The van der Waals surface area contributed by atoms with E-state index in [0.29, 0.717) is 25.0 Å². The average molecular weight is 817 g/mol. The number of esters is 3. The Balaban J connectivity index is -0.00000132. The van der Waals surface area contributed by atoms with E-state index in [1.54, 1.807) is 6.92 Å². The maximum absolute atomic E-state index is 12.4. The van der Waals surface area contributed by atoms with Crippen molar-refractivity contribution < 1.29 is 48.7 Å². The van der Waals surface area contributed by atoms with Crippen molar-refractivity contribution in [3.8, 4) is 0 Å². The minimum atomic E-state index is -0.954. The van der Waals surface area contributed by atoms with Crippen LogP contribution in [0, 0.1) is 0 Å². The van der Waals surface area contributed by atoms with Crippen LogP contribution in [0.15, 0.2) is 0 Å². The largest absolute Gasteiger partial charge is 0.462 e. The smallest absolute Gasteiger partial charge is 0.306 e. The summed E-state index contributed by atoms with van der Waals surface area (Å²) in [7, 11) is 0. The summed E-state index contributed by atoms with van der Waals surface area (Å²) >= 11 is 0. The molecule has 0 saturated carbocycles. The number of rotatable bonds is 39.